The van der Waals surface area contributed by atoms with Gasteiger partial charge >= 0.3 is 0 Å². The number of rotatable bonds is 6. The van der Waals surface area contributed by atoms with Crippen LogP contribution in [0.4, 0.5) is 10.1 Å². The van der Waals surface area contributed by atoms with E-state index in [-0.39, 0.29) is 23.7 Å². The van der Waals surface area contributed by atoms with Crippen molar-refractivity contribution in [1.82, 2.24) is 0 Å². The van der Waals surface area contributed by atoms with Crippen molar-refractivity contribution in [1.29, 1.82) is 0 Å². The third kappa shape index (κ3) is 4.17. The molecule has 2 aromatic carbocycles. The number of benzene rings is 2. The second-order valence-corrected chi connectivity index (χ2v) is 8.78. The molecule has 8 heteroatoms. The molecule has 148 valence electrons. The van der Waals surface area contributed by atoms with Crippen molar-refractivity contribution in [2.75, 3.05) is 11.0 Å². The molecule has 0 aliphatic carbocycles. The number of nitrogens with one attached hydrogen (secondary N) is 1. The van der Waals surface area contributed by atoms with E-state index in [1.165, 1.54) is 12.1 Å². The fraction of sp³-hybridized carbons (Fsp3) is 0.250. The number of furan rings is 1. The third-order valence-corrected chi connectivity index (χ3v) is 4.97. The summed E-state index contributed by atoms with van der Waals surface area (Å²) in [4.78, 5) is 12.1. The van der Waals surface area contributed by atoms with Crippen LogP contribution in [0.5, 0.6) is 0 Å². The number of amides is 1. The minimum absolute atomic E-state index is 0.00942. The molecule has 0 aliphatic heterocycles. The molecule has 6 nitrogen and oxygen atoms in total. The summed E-state index contributed by atoms with van der Waals surface area (Å²) in [5.41, 5.74) is 8.05. The Hall–Kier alpha value is -2.87. The number of hydrogen-bond acceptors (Lipinski definition) is 4. The Morgan fingerprint density at radius 3 is 2.39 bits per heavy atom. The second kappa shape index (κ2) is 7.27. The number of carbonyl (C=O) groups excluding carboxylic acids is 1. The number of primary amides is 1. The summed E-state index contributed by atoms with van der Waals surface area (Å²) >= 11 is 0. The first-order chi connectivity index (χ1) is 13.0. The SMILES string of the molecule is CC(C)c1cc2c(C(N)=O)c(Cc3ccc(F)cc3)oc2cc1NS(C)(=O)=O. The van der Waals surface area contributed by atoms with Crippen LogP contribution in [0.1, 0.15) is 47.0 Å². The van der Waals surface area contributed by atoms with E-state index in [2.05, 4.69) is 4.72 Å². The van der Waals surface area contributed by atoms with Gasteiger partial charge < -0.3 is 10.2 Å². The lowest BCUT2D eigenvalue weighted by molar-refractivity contribution is 0.1000. The second-order valence-electron chi connectivity index (χ2n) is 7.03. The normalized spacial score (nSPS) is 11.9. The summed E-state index contributed by atoms with van der Waals surface area (Å²) in [5, 5.41) is 0.521. The Labute approximate surface area is 162 Å². The molecule has 28 heavy (non-hydrogen) atoms. The van der Waals surface area contributed by atoms with E-state index in [1.54, 1.807) is 24.3 Å². The highest BCUT2D eigenvalue weighted by Crippen LogP contribution is 2.35. The molecule has 0 saturated carbocycles. The Balaban J connectivity index is 2.18. The predicted octanol–water partition coefficient (Wildman–Crippen LogP) is 3.76. The van der Waals surface area contributed by atoms with Crippen molar-refractivity contribution in [3.63, 3.8) is 0 Å². The van der Waals surface area contributed by atoms with E-state index >= 15 is 0 Å². The lowest BCUT2D eigenvalue weighted by Gasteiger charge is -2.13. The smallest absolute Gasteiger partial charge is 0.252 e. The van der Waals surface area contributed by atoms with Gasteiger partial charge in [-0.3, -0.25) is 9.52 Å². The Bertz CT molecular complexity index is 1150. The molecule has 0 spiro atoms. The van der Waals surface area contributed by atoms with Gasteiger partial charge in [0.05, 0.1) is 17.5 Å². The molecular formula is C20H21FN2O4S. The predicted molar refractivity (Wildman–Crippen MR) is 106 cm³/mol. The van der Waals surface area contributed by atoms with E-state index in [0.717, 1.165) is 17.4 Å². The summed E-state index contributed by atoms with van der Waals surface area (Å²) < 4.78 is 44.9. The van der Waals surface area contributed by atoms with Crippen molar-refractivity contribution in [3.8, 4) is 0 Å². The average molecular weight is 404 g/mol. The van der Waals surface area contributed by atoms with Gasteiger partial charge in [0.25, 0.3) is 5.91 Å². The van der Waals surface area contributed by atoms with Gasteiger partial charge in [-0.2, -0.15) is 0 Å². The van der Waals surface area contributed by atoms with Crippen LogP contribution in [-0.4, -0.2) is 20.6 Å². The molecule has 1 heterocycles. The molecule has 0 atom stereocenters. The fourth-order valence-corrected chi connectivity index (χ4v) is 3.73. The summed E-state index contributed by atoms with van der Waals surface area (Å²) in [6.45, 7) is 3.83. The molecule has 3 N–H and O–H groups in total. The summed E-state index contributed by atoms with van der Waals surface area (Å²) in [7, 11) is -3.49. The number of nitrogens with two attached hydrogens (primary N) is 1. The van der Waals surface area contributed by atoms with Gasteiger partial charge in [0.15, 0.2) is 0 Å². The maximum absolute atomic E-state index is 13.1. The average Bonchev–Trinajstić information content (AvgIpc) is 2.91. The molecule has 0 bridgehead atoms. The quantitative estimate of drug-likeness (QED) is 0.653. The molecular weight excluding hydrogens is 383 g/mol. The van der Waals surface area contributed by atoms with Gasteiger partial charge in [-0.1, -0.05) is 26.0 Å². The molecule has 1 aromatic heterocycles. The molecule has 0 fully saturated rings. The number of carbonyl (C=O) groups is 1. The summed E-state index contributed by atoms with van der Waals surface area (Å²) in [6.07, 6.45) is 1.32. The highest BCUT2D eigenvalue weighted by atomic mass is 32.2. The van der Waals surface area contributed by atoms with Crippen LogP contribution in [0.25, 0.3) is 11.0 Å². The lowest BCUT2D eigenvalue weighted by Crippen LogP contribution is -2.13. The Morgan fingerprint density at radius 1 is 1.21 bits per heavy atom. The van der Waals surface area contributed by atoms with E-state index in [9.17, 15) is 17.6 Å². The monoisotopic (exact) mass is 404 g/mol. The zero-order chi connectivity index (χ0) is 20.6. The fourth-order valence-electron chi connectivity index (χ4n) is 3.16. The van der Waals surface area contributed by atoms with Crippen molar-refractivity contribution in [3.05, 3.63) is 64.7 Å². The van der Waals surface area contributed by atoms with Crippen LogP contribution >= 0.6 is 0 Å². The molecule has 3 rings (SSSR count). The van der Waals surface area contributed by atoms with Crippen LogP contribution in [0.2, 0.25) is 0 Å². The number of halogens is 1. The summed E-state index contributed by atoms with van der Waals surface area (Å²) in [6, 6.07) is 9.14. The number of sulfonamides is 1. The van der Waals surface area contributed by atoms with Gasteiger partial charge in [-0.25, -0.2) is 12.8 Å². The number of fused-ring (bicyclic) bond motifs is 1. The van der Waals surface area contributed by atoms with Crippen molar-refractivity contribution >= 4 is 32.6 Å². The zero-order valence-corrected chi connectivity index (χ0v) is 16.6. The van der Waals surface area contributed by atoms with E-state index in [4.69, 9.17) is 10.2 Å². The van der Waals surface area contributed by atoms with E-state index in [1.807, 2.05) is 13.8 Å². The molecule has 0 unspecified atom stereocenters. The van der Waals surface area contributed by atoms with Gasteiger partial charge in [-0.15, -0.1) is 0 Å². The first kappa shape index (κ1) is 19.9. The minimum atomic E-state index is -3.49. The van der Waals surface area contributed by atoms with Crippen molar-refractivity contribution < 1.29 is 22.0 Å². The molecule has 1 amide bonds. The first-order valence-electron chi connectivity index (χ1n) is 8.66. The standard InChI is InChI=1S/C20H21FN2O4S/c1-11(2)14-9-15-17(10-16(14)23-28(3,25)26)27-18(19(15)20(22)24)8-12-4-6-13(21)7-5-12/h4-7,9-11,23H,8H2,1-3H3,(H2,22,24). The maximum atomic E-state index is 13.1. The number of hydrogen-bond donors (Lipinski definition) is 2. The van der Waals surface area contributed by atoms with Crippen LogP contribution in [0, 0.1) is 5.82 Å². The molecule has 3 aromatic rings. The van der Waals surface area contributed by atoms with E-state index in [0.29, 0.717) is 22.4 Å². The zero-order valence-electron chi connectivity index (χ0n) is 15.7. The highest BCUT2D eigenvalue weighted by Gasteiger charge is 2.22. The first-order valence-corrected chi connectivity index (χ1v) is 10.6. The van der Waals surface area contributed by atoms with Crippen molar-refractivity contribution in [2.24, 2.45) is 5.73 Å². The Kier molecular flexibility index (Phi) is 5.16. The van der Waals surface area contributed by atoms with Crippen molar-refractivity contribution in [2.45, 2.75) is 26.2 Å². The molecule has 0 radical (unpaired) electrons. The minimum Gasteiger partial charge on any atom is -0.460 e. The molecule has 0 aliphatic rings. The topological polar surface area (TPSA) is 102 Å². The lowest BCUT2D eigenvalue weighted by atomic mass is 9.97. The van der Waals surface area contributed by atoms with Gasteiger partial charge in [0.2, 0.25) is 10.0 Å². The number of anilines is 1. The van der Waals surface area contributed by atoms with Crippen LogP contribution in [0.3, 0.4) is 0 Å². The van der Waals surface area contributed by atoms with Gasteiger partial charge in [0, 0.05) is 17.9 Å². The van der Waals surface area contributed by atoms with Crippen LogP contribution < -0.4 is 10.5 Å². The maximum Gasteiger partial charge on any atom is 0.252 e. The van der Waals surface area contributed by atoms with Crippen LogP contribution in [-0.2, 0) is 16.4 Å². The van der Waals surface area contributed by atoms with E-state index < -0.39 is 15.9 Å². The largest absolute Gasteiger partial charge is 0.460 e. The Morgan fingerprint density at radius 2 is 1.86 bits per heavy atom. The molecule has 0 saturated heterocycles. The van der Waals surface area contributed by atoms with Gasteiger partial charge in [0.1, 0.15) is 17.2 Å². The highest BCUT2D eigenvalue weighted by molar-refractivity contribution is 7.92. The van der Waals surface area contributed by atoms with Crippen LogP contribution in [0.15, 0.2) is 40.8 Å². The summed E-state index contributed by atoms with van der Waals surface area (Å²) in [5.74, 6) is -0.666. The van der Waals surface area contributed by atoms with Gasteiger partial charge in [-0.05, 0) is 35.2 Å². The third-order valence-electron chi connectivity index (χ3n) is 4.37.